The molecule has 0 atom stereocenters. The fourth-order valence-electron chi connectivity index (χ4n) is 2.41. The molecule has 2 rings (SSSR count). The van der Waals surface area contributed by atoms with Crippen molar-refractivity contribution in [1.29, 1.82) is 0 Å². The minimum Gasteiger partial charge on any atom is -0.310 e. The Bertz CT molecular complexity index is 599. The molecule has 4 heteroatoms. The van der Waals surface area contributed by atoms with Gasteiger partial charge in [-0.2, -0.15) is 5.10 Å². The van der Waals surface area contributed by atoms with Crippen molar-refractivity contribution in [1.82, 2.24) is 20.1 Å². The van der Waals surface area contributed by atoms with Gasteiger partial charge >= 0.3 is 0 Å². The lowest BCUT2D eigenvalue weighted by atomic mass is 10.1. The molecule has 1 N–H and O–H groups in total. The van der Waals surface area contributed by atoms with Crippen molar-refractivity contribution in [2.24, 2.45) is 0 Å². The van der Waals surface area contributed by atoms with Crippen molar-refractivity contribution in [2.75, 3.05) is 0 Å². The van der Waals surface area contributed by atoms with Gasteiger partial charge in [-0.15, -0.1) is 0 Å². The molecule has 2 aromatic rings. The van der Waals surface area contributed by atoms with Crippen LogP contribution in [-0.2, 0) is 13.0 Å². The lowest BCUT2D eigenvalue weighted by molar-refractivity contribution is 0.587. The van der Waals surface area contributed by atoms with Gasteiger partial charge in [0.15, 0.2) is 5.82 Å². The molecular formula is C17H26N4. The van der Waals surface area contributed by atoms with Crippen LogP contribution in [-0.4, -0.2) is 20.8 Å². The average molecular weight is 286 g/mol. The van der Waals surface area contributed by atoms with Crippen LogP contribution in [0.25, 0.3) is 5.82 Å². The van der Waals surface area contributed by atoms with E-state index in [-0.39, 0.29) is 0 Å². The third kappa shape index (κ3) is 4.14. The number of rotatable bonds is 6. The monoisotopic (exact) mass is 286 g/mol. The van der Waals surface area contributed by atoms with E-state index >= 15 is 0 Å². The molecule has 4 nitrogen and oxygen atoms in total. The predicted molar refractivity (Wildman–Crippen MR) is 86.8 cm³/mol. The number of nitrogens with zero attached hydrogens (tertiary/aromatic N) is 3. The highest BCUT2D eigenvalue weighted by Gasteiger charge is 2.09. The largest absolute Gasteiger partial charge is 0.310 e. The van der Waals surface area contributed by atoms with Gasteiger partial charge < -0.3 is 5.32 Å². The van der Waals surface area contributed by atoms with Crippen LogP contribution in [0.15, 0.2) is 18.2 Å². The summed E-state index contributed by atoms with van der Waals surface area (Å²) in [6, 6.07) is 6.90. The highest BCUT2D eigenvalue weighted by Crippen LogP contribution is 2.14. The van der Waals surface area contributed by atoms with E-state index in [1.165, 1.54) is 5.56 Å². The fourth-order valence-corrected chi connectivity index (χ4v) is 2.41. The molecule has 2 heterocycles. The zero-order chi connectivity index (χ0) is 15.4. The molecule has 0 saturated carbocycles. The molecule has 2 aromatic heterocycles. The van der Waals surface area contributed by atoms with E-state index in [0.717, 1.165) is 42.3 Å². The summed E-state index contributed by atoms with van der Waals surface area (Å²) in [6.07, 6.45) is 2.10. The normalized spacial score (nSPS) is 11.3. The summed E-state index contributed by atoms with van der Waals surface area (Å²) in [5.74, 6) is 0.923. The molecule has 0 aliphatic carbocycles. The smallest absolute Gasteiger partial charge is 0.154 e. The fraction of sp³-hybridized carbons (Fsp3) is 0.529. The van der Waals surface area contributed by atoms with Crippen molar-refractivity contribution >= 4 is 0 Å². The van der Waals surface area contributed by atoms with Gasteiger partial charge in [0.1, 0.15) is 0 Å². The van der Waals surface area contributed by atoms with E-state index < -0.39 is 0 Å². The Hall–Kier alpha value is -1.68. The van der Waals surface area contributed by atoms with E-state index in [2.05, 4.69) is 56.3 Å². The predicted octanol–water partition coefficient (Wildman–Crippen LogP) is 3.33. The summed E-state index contributed by atoms with van der Waals surface area (Å²) in [5, 5.41) is 8.02. The molecular weight excluding hydrogens is 260 g/mol. The molecule has 21 heavy (non-hydrogen) atoms. The van der Waals surface area contributed by atoms with E-state index in [9.17, 15) is 0 Å². The maximum atomic E-state index is 4.77. The summed E-state index contributed by atoms with van der Waals surface area (Å²) in [4.78, 5) is 4.77. The SMILES string of the molecule is CCCc1cc(CNC(C)C)cc(-n2nc(C)cc2C)n1. The molecule has 114 valence electrons. The minimum atomic E-state index is 0.477. The van der Waals surface area contributed by atoms with E-state index in [0.29, 0.717) is 6.04 Å². The molecule has 0 unspecified atom stereocenters. The second-order valence-corrected chi connectivity index (χ2v) is 5.95. The number of hydrogen-bond acceptors (Lipinski definition) is 3. The van der Waals surface area contributed by atoms with Gasteiger partial charge in [-0.3, -0.25) is 0 Å². The first-order valence-electron chi connectivity index (χ1n) is 7.76. The Morgan fingerprint density at radius 3 is 2.52 bits per heavy atom. The second kappa shape index (κ2) is 6.85. The number of hydrogen-bond donors (Lipinski definition) is 1. The van der Waals surface area contributed by atoms with Gasteiger partial charge in [0.2, 0.25) is 0 Å². The number of aromatic nitrogens is 3. The maximum Gasteiger partial charge on any atom is 0.154 e. The van der Waals surface area contributed by atoms with Crippen LogP contribution < -0.4 is 5.32 Å². The lowest BCUT2D eigenvalue weighted by Gasteiger charge is -2.12. The number of nitrogens with one attached hydrogen (secondary N) is 1. The van der Waals surface area contributed by atoms with Gasteiger partial charge in [-0.25, -0.2) is 9.67 Å². The van der Waals surface area contributed by atoms with Gasteiger partial charge in [0, 0.05) is 24.0 Å². The molecule has 0 bridgehead atoms. The molecule has 0 aromatic carbocycles. The Morgan fingerprint density at radius 1 is 1.19 bits per heavy atom. The summed E-state index contributed by atoms with van der Waals surface area (Å²) in [5.41, 5.74) is 4.56. The third-order valence-electron chi connectivity index (χ3n) is 3.37. The molecule has 0 aliphatic rings. The molecule has 0 radical (unpaired) electrons. The van der Waals surface area contributed by atoms with Crippen molar-refractivity contribution in [3.63, 3.8) is 0 Å². The summed E-state index contributed by atoms with van der Waals surface area (Å²) >= 11 is 0. The topological polar surface area (TPSA) is 42.7 Å². The average Bonchev–Trinajstić information content (AvgIpc) is 2.75. The van der Waals surface area contributed by atoms with Crippen LogP contribution in [0, 0.1) is 13.8 Å². The third-order valence-corrected chi connectivity index (χ3v) is 3.37. The van der Waals surface area contributed by atoms with Crippen molar-refractivity contribution < 1.29 is 0 Å². The van der Waals surface area contributed by atoms with Crippen molar-refractivity contribution in [3.8, 4) is 5.82 Å². The van der Waals surface area contributed by atoms with Crippen molar-refractivity contribution in [3.05, 3.63) is 40.8 Å². The Morgan fingerprint density at radius 2 is 1.95 bits per heavy atom. The van der Waals surface area contributed by atoms with Crippen LogP contribution in [0.1, 0.15) is 49.8 Å². The Kier molecular flexibility index (Phi) is 5.12. The van der Waals surface area contributed by atoms with Gasteiger partial charge in [0.05, 0.1) is 5.69 Å². The van der Waals surface area contributed by atoms with Crippen molar-refractivity contribution in [2.45, 2.75) is 60.0 Å². The zero-order valence-corrected chi connectivity index (χ0v) is 13.8. The molecule has 0 aliphatic heterocycles. The Labute approximate surface area is 127 Å². The van der Waals surface area contributed by atoms with Crippen LogP contribution in [0.5, 0.6) is 0 Å². The number of pyridine rings is 1. The lowest BCUT2D eigenvalue weighted by Crippen LogP contribution is -2.22. The minimum absolute atomic E-state index is 0.477. The first kappa shape index (κ1) is 15.7. The quantitative estimate of drug-likeness (QED) is 0.885. The molecule has 0 saturated heterocycles. The number of aryl methyl sites for hydroxylation is 3. The standard InChI is InChI=1S/C17H26N4/c1-6-7-16-9-15(11-18-12(2)3)10-17(19-16)21-14(5)8-13(4)20-21/h8-10,12,18H,6-7,11H2,1-5H3. The van der Waals surface area contributed by atoms with Gasteiger partial charge in [0.25, 0.3) is 0 Å². The Balaban J connectivity index is 2.37. The summed E-state index contributed by atoms with van der Waals surface area (Å²) in [7, 11) is 0. The van der Waals surface area contributed by atoms with Gasteiger partial charge in [-0.1, -0.05) is 27.2 Å². The van der Waals surface area contributed by atoms with E-state index in [1.54, 1.807) is 0 Å². The summed E-state index contributed by atoms with van der Waals surface area (Å²) in [6.45, 7) is 11.5. The zero-order valence-electron chi connectivity index (χ0n) is 13.8. The van der Waals surface area contributed by atoms with Crippen LogP contribution in [0.2, 0.25) is 0 Å². The first-order chi connectivity index (χ1) is 9.99. The van der Waals surface area contributed by atoms with Crippen LogP contribution in [0.4, 0.5) is 0 Å². The summed E-state index contributed by atoms with van der Waals surface area (Å²) < 4.78 is 1.94. The highest BCUT2D eigenvalue weighted by molar-refractivity contribution is 5.32. The van der Waals surface area contributed by atoms with E-state index in [4.69, 9.17) is 4.98 Å². The van der Waals surface area contributed by atoms with Gasteiger partial charge in [-0.05, 0) is 44.0 Å². The first-order valence-corrected chi connectivity index (χ1v) is 7.76. The molecule has 0 fully saturated rings. The van der Waals surface area contributed by atoms with Crippen LogP contribution in [0.3, 0.4) is 0 Å². The molecule has 0 amide bonds. The van der Waals surface area contributed by atoms with Crippen LogP contribution >= 0.6 is 0 Å². The second-order valence-electron chi connectivity index (χ2n) is 5.95. The molecule has 0 spiro atoms. The highest BCUT2D eigenvalue weighted by atomic mass is 15.3. The maximum absolute atomic E-state index is 4.77. The van der Waals surface area contributed by atoms with E-state index in [1.807, 2.05) is 11.6 Å².